The molecule has 1 aliphatic rings. The van der Waals surface area contributed by atoms with Gasteiger partial charge in [0, 0.05) is 23.8 Å². The minimum absolute atomic E-state index is 0.0672. The van der Waals surface area contributed by atoms with Crippen LogP contribution in [0.15, 0.2) is 24.3 Å². The van der Waals surface area contributed by atoms with E-state index >= 15 is 4.39 Å². The number of carbonyl (C=O) groups is 1. The molecule has 1 aliphatic carbocycles. The zero-order chi connectivity index (χ0) is 17.3. The van der Waals surface area contributed by atoms with Gasteiger partial charge in [-0.3, -0.25) is 9.78 Å². The lowest BCUT2D eigenvalue weighted by atomic mass is 9.79. The molecule has 0 bridgehead atoms. The standard InChI is InChI=1S/C20H24FNO2/c1-4-14-11-16-12-15(5-6-18(16)22-13(14)2)19(23)20(21)9-7-17(24-3)8-10-20/h5-6,11-12,17H,4,7-10H2,1-3H3. The fourth-order valence-electron chi connectivity index (χ4n) is 3.59. The van der Waals surface area contributed by atoms with Crippen LogP contribution in [0.25, 0.3) is 10.9 Å². The van der Waals surface area contributed by atoms with Crippen molar-refractivity contribution in [3.05, 3.63) is 41.1 Å². The largest absolute Gasteiger partial charge is 0.381 e. The molecule has 0 aliphatic heterocycles. The van der Waals surface area contributed by atoms with Gasteiger partial charge in [0.15, 0.2) is 11.5 Å². The Labute approximate surface area is 142 Å². The van der Waals surface area contributed by atoms with Crippen molar-refractivity contribution < 1.29 is 13.9 Å². The average Bonchev–Trinajstić information content (AvgIpc) is 2.60. The normalized spacial score (nSPS) is 24.2. The molecule has 1 fully saturated rings. The number of rotatable bonds is 4. The number of ketones is 1. The molecule has 1 saturated carbocycles. The number of methoxy groups -OCH3 is 1. The fourth-order valence-corrected chi connectivity index (χ4v) is 3.59. The second-order valence-electron chi connectivity index (χ2n) is 6.72. The van der Waals surface area contributed by atoms with Crippen LogP contribution in [0.5, 0.6) is 0 Å². The van der Waals surface area contributed by atoms with Crippen LogP contribution in [0.1, 0.15) is 54.2 Å². The summed E-state index contributed by atoms with van der Waals surface area (Å²) in [6, 6.07) is 7.36. The molecule has 3 rings (SSSR count). The number of nitrogens with zero attached hydrogens (tertiary/aromatic N) is 1. The summed E-state index contributed by atoms with van der Waals surface area (Å²) in [6.07, 6.45) is 2.60. The molecular formula is C20H24FNO2. The van der Waals surface area contributed by atoms with E-state index < -0.39 is 11.5 Å². The van der Waals surface area contributed by atoms with Crippen molar-refractivity contribution in [2.75, 3.05) is 7.11 Å². The van der Waals surface area contributed by atoms with Crippen LogP contribution in [-0.2, 0) is 11.2 Å². The highest BCUT2D eigenvalue weighted by atomic mass is 19.1. The zero-order valence-corrected chi connectivity index (χ0v) is 14.6. The molecule has 0 atom stereocenters. The maximum absolute atomic E-state index is 15.2. The Hall–Kier alpha value is -1.81. The van der Waals surface area contributed by atoms with Crippen molar-refractivity contribution in [3.8, 4) is 0 Å². The van der Waals surface area contributed by atoms with Gasteiger partial charge in [-0.2, -0.15) is 0 Å². The molecule has 3 nitrogen and oxygen atoms in total. The minimum atomic E-state index is -1.77. The van der Waals surface area contributed by atoms with E-state index in [1.807, 2.05) is 13.0 Å². The molecule has 0 N–H and O–H groups in total. The number of alkyl halides is 1. The first-order valence-corrected chi connectivity index (χ1v) is 8.63. The summed E-state index contributed by atoms with van der Waals surface area (Å²) >= 11 is 0. The number of aryl methyl sites for hydroxylation is 2. The molecule has 4 heteroatoms. The van der Waals surface area contributed by atoms with Gasteiger partial charge in [-0.25, -0.2) is 4.39 Å². The summed E-state index contributed by atoms with van der Waals surface area (Å²) < 4.78 is 20.4. The summed E-state index contributed by atoms with van der Waals surface area (Å²) in [5.74, 6) is -0.405. The van der Waals surface area contributed by atoms with Crippen LogP contribution in [0, 0.1) is 6.92 Å². The second kappa shape index (κ2) is 6.60. The molecular weight excluding hydrogens is 305 g/mol. The molecule has 1 heterocycles. The van der Waals surface area contributed by atoms with Gasteiger partial charge in [0.25, 0.3) is 0 Å². The van der Waals surface area contributed by atoms with E-state index in [1.54, 1.807) is 19.2 Å². The maximum atomic E-state index is 15.2. The van der Waals surface area contributed by atoms with Crippen molar-refractivity contribution >= 4 is 16.7 Å². The fraction of sp³-hybridized carbons (Fsp3) is 0.500. The SMILES string of the molecule is CCc1cc2cc(C(=O)C3(F)CCC(OC)CC3)ccc2nc1C. The molecule has 0 radical (unpaired) electrons. The number of fused-ring (bicyclic) bond motifs is 1. The third kappa shape index (κ3) is 3.07. The highest BCUT2D eigenvalue weighted by Crippen LogP contribution is 2.36. The number of halogens is 1. The summed E-state index contributed by atoms with van der Waals surface area (Å²) in [4.78, 5) is 17.3. The van der Waals surface area contributed by atoms with Gasteiger partial charge in [0.2, 0.25) is 0 Å². The van der Waals surface area contributed by atoms with E-state index in [9.17, 15) is 4.79 Å². The van der Waals surface area contributed by atoms with Gasteiger partial charge in [-0.15, -0.1) is 0 Å². The van der Waals surface area contributed by atoms with E-state index in [2.05, 4.69) is 18.0 Å². The molecule has 24 heavy (non-hydrogen) atoms. The van der Waals surface area contributed by atoms with Crippen LogP contribution in [0.4, 0.5) is 4.39 Å². The lowest BCUT2D eigenvalue weighted by Gasteiger charge is -2.32. The van der Waals surface area contributed by atoms with Gasteiger partial charge in [-0.1, -0.05) is 6.92 Å². The van der Waals surface area contributed by atoms with Crippen LogP contribution < -0.4 is 0 Å². The number of hydrogen-bond donors (Lipinski definition) is 0. The lowest BCUT2D eigenvalue weighted by molar-refractivity contribution is 0.0118. The van der Waals surface area contributed by atoms with E-state index in [1.165, 1.54) is 0 Å². The Morgan fingerprint density at radius 3 is 2.67 bits per heavy atom. The van der Waals surface area contributed by atoms with E-state index in [0.717, 1.165) is 28.6 Å². The van der Waals surface area contributed by atoms with Crippen LogP contribution in [-0.4, -0.2) is 29.6 Å². The molecule has 0 saturated heterocycles. The first-order valence-electron chi connectivity index (χ1n) is 8.63. The number of benzene rings is 1. The number of hydrogen-bond acceptors (Lipinski definition) is 3. The summed E-state index contributed by atoms with van der Waals surface area (Å²) in [5.41, 5.74) is 1.67. The average molecular weight is 329 g/mol. The Morgan fingerprint density at radius 2 is 2.04 bits per heavy atom. The first-order chi connectivity index (χ1) is 11.5. The van der Waals surface area contributed by atoms with E-state index in [-0.39, 0.29) is 18.9 Å². The predicted octanol–water partition coefficient (Wildman–Crippen LogP) is 4.59. The predicted molar refractivity (Wildman–Crippen MR) is 93.3 cm³/mol. The van der Waals surface area contributed by atoms with Gasteiger partial charge >= 0.3 is 0 Å². The lowest BCUT2D eigenvalue weighted by Crippen LogP contribution is -2.39. The van der Waals surface area contributed by atoms with Gasteiger partial charge in [-0.05, 0) is 68.9 Å². The van der Waals surface area contributed by atoms with Crippen molar-refractivity contribution in [1.82, 2.24) is 4.98 Å². The third-order valence-electron chi connectivity index (χ3n) is 5.22. The monoisotopic (exact) mass is 329 g/mol. The van der Waals surface area contributed by atoms with Crippen LogP contribution in [0.2, 0.25) is 0 Å². The smallest absolute Gasteiger partial charge is 0.199 e. The molecule has 1 aromatic carbocycles. The maximum Gasteiger partial charge on any atom is 0.199 e. The van der Waals surface area contributed by atoms with Crippen molar-refractivity contribution in [2.45, 2.75) is 57.7 Å². The summed E-state index contributed by atoms with van der Waals surface area (Å²) in [6.45, 7) is 4.07. The highest BCUT2D eigenvalue weighted by molar-refractivity contribution is 6.04. The van der Waals surface area contributed by atoms with E-state index in [0.29, 0.717) is 18.4 Å². The molecule has 0 spiro atoms. The Bertz CT molecular complexity index is 764. The Balaban J connectivity index is 1.91. The molecule has 2 aromatic rings. The first kappa shape index (κ1) is 17.0. The minimum Gasteiger partial charge on any atom is -0.381 e. The Morgan fingerprint density at radius 1 is 1.33 bits per heavy atom. The Kier molecular flexibility index (Phi) is 4.68. The quantitative estimate of drug-likeness (QED) is 0.770. The molecule has 0 amide bonds. The number of Topliss-reactive ketones (excluding diaryl/α,β-unsaturated/α-hetero) is 1. The zero-order valence-electron chi connectivity index (χ0n) is 14.6. The summed E-state index contributed by atoms with van der Waals surface area (Å²) in [7, 11) is 1.64. The third-order valence-corrected chi connectivity index (χ3v) is 5.22. The second-order valence-corrected chi connectivity index (χ2v) is 6.72. The number of ether oxygens (including phenoxy) is 1. The molecule has 128 valence electrons. The van der Waals surface area contributed by atoms with Crippen LogP contribution in [0.3, 0.4) is 0 Å². The molecule has 1 aromatic heterocycles. The topological polar surface area (TPSA) is 39.2 Å². The van der Waals surface area contributed by atoms with E-state index in [4.69, 9.17) is 4.74 Å². The highest BCUT2D eigenvalue weighted by Gasteiger charge is 2.42. The number of carbonyl (C=O) groups excluding carboxylic acids is 1. The van der Waals surface area contributed by atoms with Gasteiger partial charge < -0.3 is 4.74 Å². The summed E-state index contributed by atoms with van der Waals surface area (Å²) in [5, 5.41) is 0.900. The van der Waals surface area contributed by atoms with Crippen molar-refractivity contribution in [3.63, 3.8) is 0 Å². The van der Waals surface area contributed by atoms with Crippen molar-refractivity contribution in [1.29, 1.82) is 0 Å². The van der Waals surface area contributed by atoms with Crippen LogP contribution >= 0.6 is 0 Å². The number of aromatic nitrogens is 1. The van der Waals surface area contributed by atoms with Gasteiger partial charge in [0.1, 0.15) is 0 Å². The van der Waals surface area contributed by atoms with Crippen molar-refractivity contribution in [2.24, 2.45) is 0 Å². The van der Waals surface area contributed by atoms with Gasteiger partial charge in [0.05, 0.1) is 11.6 Å². The number of pyridine rings is 1. The molecule has 0 unspecified atom stereocenters.